The van der Waals surface area contributed by atoms with Gasteiger partial charge in [0.25, 0.3) is 0 Å². The molecule has 0 fully saturated rings. The molecular formula is C9H7N2O2S-. The summed E-state index contributed by atoms with van der Waals surface area (Å²) >= 11 is 1.43. The first kappa shape index (κ1) is 9.21. The Morgan fingerprint density at radius 2 is 2.21 bits per heavy atom. The fraction of sp³-hybridized carbons (Fsp3) is 0.222. The van der Waals surface area contributed by atoms with Crippen molar-refractivity contribution >= 4 is 22.8 Å². The SMILES string of the molecule is O=C([O-])C1CSC(c2ccncc2)=N1. The molecule has 0 N–H and O–H groups in total. The van der Waals surface area contributed by atoms with Gasteiger partial charge in [-0.25, -0.2) is 0 Å². The predicted molar refractivity (Wildman–Crippen MR) is 52.0 cm³/mol. The first-order valence-electron chi connectivity index (χ1n) is 4.09. The van der Waals surface area contributed by atoms with Crippen LogP contribution in [0, 0.1) is 0 Å². The first-order valence-corrected chi connectivity index (χ1v) is 5.08. The van der Waals surface area contributed by atoms with Gasteiger partial charge in [-0.2, -0.15) is 0 Å². The summed E-state index contributed by atoms with van der Waals surface area (Å²) in [4.78, 5) is 18.5. The molecule has 1 aliphatic heterocycles. The summed E-state index contributed by atoms with van der Waals surface area (Å²) in [6.45, 7) is 0. The van der Waals surface area contributed by atoms with E-state index in [1.807, 2.05) is 12.1 Å². The molecule has 2 rings (SSSR count). The lowest BCUT2D eigenvalue weighted by molar-refractivity contribution is -0.306. The third kappa shape index (κ3) is 1.77. The normalized spacial score (nSPS) is 20.6. The number of aromatic nitrogens is 1. The number of aliphatic imine (C=N–C) groups is 1. The highest BCUT2D eigenvalue weighted by molar-refractivity contribution is 8.14. The zero-order chi connectivity index (χ0) is 9.97. The quantitative estimate of drug-likeness (QED) is 0.667. The maximum Gasteiger partial charge on any atom is 0.100 e. The van der Waals surface area contributed by atoms with E-state index in [0.29, 0.717) is 5.75 Å². The van der Waals surface area contributed by atoms with E-state index in [0.717, 1.165) is 10.6 Å². The van der Waals surface area contributed by atoms with Crippen molar-refractivity contribution in [2.24, 2.45) is 4.99 Å². The van der Waals surface area contributed by atoms with Crippen LogP contribution in [0.15, 0.2) is 29.5 Å². The molecule has 1 aliphatic rings. The summed E-state index contributed by atoms with van der Waals surface area (Å²) in [6, 6.07) is 2.91. The molecule has 0 aliphatic carbocycles. The van der Waals surface area contributed by atoms with E-state index < -0.39 is 12.0 Å². The minimum atomic E-state index is -1.11. The number of thioether (sulfide) groups is 1. The van der Waals surface area contributed by atoms with Gasteiger partial charge in [-0.3, -0.25) is 9.98 Å². The van der Waals surface area contributed by atoms with E-state index in [1.165, 1.54) is 11.8 Å². The van der Waals surface area contributed by atoms with Crippen molar-refractivity contribution in [3.63, 3.8) is 0 Å². The number of nitrogens with zero attached hydrogens (tertiary/aromatic N) is 2. The number of carboxylic acid groups (broad SMARTS) is 1. The molecule has 1 aromatic rings. The minimum Gasteiger partial charge on any atom is -0.548 e. The highest BCUT2D eigenvalue weighted by Gasteiger charge is 2.19. The molecule has 5 heteroatoms. The molecule has 0 spiro atoms. The monoisotopic (exact) mass is 207 g/mol. The second kappa shape index (κ2) is 3.79. The van der Waals surface area contributed by atoms with Gasteiger partial charge in [-0.1, -0.05) is 0 Å². The first-order chi connectivity index (χ1) is 6.77. The van der Waals surface area contributed by atoms with Crippen LogP contribution in [0.3, 0.4) is 0 Å². The van der Waals surface area contributed by atoms with Crippen LogP contribution in [0.25, 0.3) is 0 Å². The van der Waals surface area contributed by atoms with Crippen LogP contribution in [0.4, 0.5) is 0 Å². The fourth-order valence-corrected chi connectivity index (χ4v) is 2.18. The molecule has 0 bridgehead atoms. The highest BCUT2D eigenvalue weighted by atomic mass is 32.2. The molecule has 72 valence electrons. The molecule has 1 aromatic heterocycles. The van der Waals surface area contributed by atoms with Crippen molar-refractivity contribution in [2.45, 2.75) is 6.04 Å². The second-order valence-corrected chi connectivity index (χ2v) is 3.82. The molecule has 0 saturated carbocycles. The van der Waals surface area contributed by atoms with Crippen molar-refractivity contribution in [2.75, 3.05) is 5.75 Å². The van der Waals surface area contributed by atoms with Crippen LogP contribution in [0.2, 0.25) is 0 Å². The van der Waals surface area contributed by atoms with E-state index >= 15 is 0 Å². The molecule has 0 saturated heterocycles. The molecule has 0 amide bonds. The van der Waals surface area contributed by atoms with Gasteiger partial charge in [-0.15, -0.1) is 11.8 Å². The Balaban J connectivity index is 2.22. The summed E-state index contributed by atoms with van der Waals surface area (Å²) in [5, 5.41) is 11.3. The summed E-state index contributed by atoms with van der Waals surface area (Å²) in [7, 11) is 0. The molecule has 14 heavy (non-hydrogen) atoms. The Hall–Kier alpha value is -1.36. The van der Waals surface area contributed by atoms with Crippen LogP contribution in [0.1, 0.15) is 5.56 Å². The van der Waals surface area contributed by atoms with Crippen LogP contribution in [-0.2, 0) is 4.79 Å². The van der Waals surface area contributed by atoms with Gasteiger partial charge in [0, 0.05) is 23.7 Å². The van der Waals surface area contributed by atoms with Crippen molar-refractivity contribution < 1.29 is 9.90 Å². The number of aliphatic carboxylic acids is 1. The summed E-state index contributed by atoms with van der Waals surface area (Å²) in [5.74, 6) is -0.651. The van der Waals surface area contributed by atoms with Gasteiger partial charge in [0.2, 0.25) is 0 Å². The van der Waals surface area contributed by atoms with E-state index in [-0.39, 0.29) is 0 Å². The van der Waals surface area contributed by atoms with Gasteiger partial charge in [0.05, 0.1) is 11.0 Å². The van der Waals surface area contributed by atoms with Gasteiger partial charge >= 0.3 is 0 Å². The lowest BCUT2D eigenvalue weighted by Gasteiger charge is -2.04. The number of carboxylic acids is 1. The number of hydrogen-bond donors (Lipinski definition) is 0. The second-order valence-electron chi connectivity index (χ2n) is 2.82. The molecule has 1 atom stereocenters. The average Bonchev–Trinajstić information content (AvgIpc) is 2.68. The molecule has 0 aromatic carbocycles. The van der Waals surface area contributed by atoms with Crippen molar-refractivity contribution in [1.82, 2.24) is 4.98 Å². The standard InChI is InChI=1S/C9H8N2O2S/c12-9(13)7-5-14-8(11-7)6-1-3-10-4-2-6/h1-4,7H,5H2,(H,12,13)/p-1. The van der Waals surface area contributed by atoms with Crippen LogP contribution < -0.4 is 5.11 Å². The van der Waals surface area contributed by atoms with Gasteiger partial charge < -0.3 is 9.90 Å². The summed E-state index contributed by atoms with van der Waals surface area (Å²) in [5.41, 5.74) is 0.911. The molecule has 1 unspecified atom stereocenters. The molecule has 2 heterocycles. The van der Waals surface area contributed by atoms with Crippen molar-refractivity contribution in [1.29, 1.82) is 0 Å². The Morgan fingerprint density at radius 1 is 1.50 bits per heavy atom. The molecular weight excluding hydrogens is 200 g/mol. The van der Waals surface area contributed by atoms with E-state index in [1.54, 1.807) is 12.4 Å². The lowest BCUT2D eigenvalue weighted by atomic mass is 10.3. The van der Waals surface area contributed by atoms with E-state index in [4.69, 9.17) is 0 Å². The Labute approximate surface area is 85.1 Å². The van der Waals surface area contributed by atoms with E-state index in [9.17, 15) is 9.90 Å². The fourth-order valence-electron chi connectivity index (χ4n) is 1.15. The predicted octanol–water partition coefficient (Wildman–Crippen LogP) is -0.307. The van der Waals surface area contributed by atoms with Crippen molar-refractivity contribution in [3.8, 4) is 0 Å². The topological polar surface area (TPSA) is 65.4 Å². The Morgan fingerprint density at radius 3 is 2.79 bits per heavy atom. The number of carbonyl (C=O) groups excluding carboxylic acids is 1. The maximum absolute atomic E-state index is 10.5. The third-order valence-electron chi connectivity index (χ3n) is 1.85. The van der Waals surface area contributed by atoms with Gasteiger partial charge in [-0.05, 0) is 12.1 Å². The largest absolute Gasteiger partial charge is 0.548 e. The Kier molecular flexibility index (Phi) is 2.49. The maximum atomic E-state index is 10.5. The summed E-state index contributed by atoms with van der Waals surface area (Å²) < 4.78 is 0. The summed E-state index contributed by atoms with van der Waals surface area (Å²) in [6.07, 6.45) is 3.31. The zero-order valence-electron chi connectivity index (χ0n) is 7.21. The number of rotatable bonds is 2. The van der Waals surface area contributed by atoms with E-state index in [2.05, 4.69) is 9.98 Å². The van der Waals surface area contributed by atoms with Crippen LogP contribution in [-0.4, -0.2) is 27.8 Å². The third-order valence-corrected chi connectivity index (χ3v) is 2.95. The van der Waals surface area contributed by atoms with Crippen LogP contribution >= 0.6 is 11.8 Å². The van der Waals surface area contributed by atoms with Gasteiger partial charge in [0.15, 0.2) is 0 Å². The average molecular weight is 207 g/mol. The molecule has 4 nitrogen and oxygen atoms in total. The number of hydrogen-bond acceptors (Lipinski definition) is 5. The van der Waals surface area contributed by atoms with Crippen molar-refractivity contribution in [3.05, 3.63) is 30.1 Å². The minimum absolute atomic E-state index is 0.458. The lowest BCUT2D eigenvalue weighted by Crippen LogP contribution is -2.34. The smallest absolute Gasteiger partial charge is 0.100 e. The number of pyridine rings is 1. The van der Waals surface area contributed by atoms with Crippen LogP contribution in [0.5, 0.6) is 0 Å². The Bertz CT molecular complexity index is 378. The number of carbonyl (C=O) groups is 1. The highest BCUT2D eigenvalue weighted by Crippen LogP contribution is 2.22. The van der Waals surface area contributed by atoms with Gasteiger partial charge in [0.1, 0.15) is 6.04 Å². The zero-order valence-corrected chi connectivity index (χ0v) is 8.03. The molecule has 0 radical (unpaired) electrons.